The fourth-order valence-electron chi connectivity index (χ4n) is 4.49. The Kier molecular flexibility index (Phi) is 7.73. The molecule has 33 heavy (non-hydrogen) atoms. The summed E-state index contributed by atoms with van der Waals surface area (Å²) in [5.74, 6) is -0.141. The summed E-state index contributed by atoms with van der Waals surface area (Å²) in [7, 11) is 0. The third-order valence-corrected chi connectivity index (χ3v) is 6.42. The zero-order valence-corrected chi connectivity index (χ0v) is 19.0. The number of likely N-dealkylation sites (tertiary alicyclic amines) is 1. The number of benzene rings is 2. The maximum Gasteiger partial charge on any atom is 0.251 e. The Bertz CT molecular complexity index is 937. The first-order chi connectivity index (χ1) is 16.1. The first kappa shape index (κ1) is 23.0. The van der Waals surface area contributed by atoms with Crippen molar-refractivity contribution in [3.8, 4) is 0 Å². The normalized spacial score (nSPS) is 17.6. The van der Waals surface area contributed by atoms with Gasteiger partial charge in [-0.2, -0.15) is 0 Å². The standard InChI is InChI=1S/C26H32N4O3/c31-24(29-13-7-8-14-29)20-28-15-17-30(18-16-28)26(33)23(19-21-9-3-1-4-10-21)27-25(32)22-11-5-2-6-12-22/h1-6,9-12,23H,7-8,13-20H2,(H,27,32)/t23-/m0/s1. The van der Waals surface area contributed by atoms with Crippen LogP contribution in [-0.4, -0.2) is 84.3 Å². The molecule has 4 rings (SSSR count). The number of amides is 3. The highest BCUT2D eigenvalue weighted by atomic mass is 16.2. The van der Waals surface area contributed by atoms with Crippen molar-refractivity contribution in [2.75, 3.05) is 45.8 Å². The second-order valence-corrected chi connectivity index (χ2v) is 8.77. The average molecular weight is 449 g/mol. The number of carbonyl (C=O) groups is 3. The monoisotopic (exact) mass is 448 g/mol. The summed E-state index contributed by atoms with van der Waals surface area (Å²) in [6, 6.07) is 18.1. The van der Waals surface area contributed by atoms with E-state index in [1.807, 2.05) is 58.3 Å². The molecule has 2 heterocycles. The maximum atomic E-state index is 13.4. The van der Waals surface area contributed by atoms with Crippen LogP contribution in [0, 0.1) is 0 Å². The number of piperazine rings is 1. The van der Waals surface area contributed by atoms with Crippen molar-refractivity contribution in [1.29, 1.82) is 0 Å². The maximum absolute atomic E-state index is 13.4. The molecule has 0 unspecified atom stereocenters. The van der Waals surface area contributed by atoms with Crippen LogP contribution in [0.2, 0.25) is 0 Å². The van der Waals surface area contributed by atoms with Gasteiger partial charge in [-0.1, -0.05) is 48.5 Å². The minimum atomic E-state index is -0.641. The molecular formula is C26H32N4O3. The van der Waals surface area contributed by atoms with Gasteiger partial charge in [-0.15, -0.1) is 0 Å². The number of carbonyl (C=O) groups excluding carboxylic acids is 3. The molecule has 0 aromatic heterocycles. The molecule has 2 aromatic carbocycles. The molecule has 174 valence electrons. The van der Waals surface area contributed by atoms with Crippen molar-refractivity contribution in [3.05, 3.63) is 71.8 Å². The van der Waals surface area contributed by atoms with E-state index in [0.29, 0.717) is 44.7 Å². The fourth-order valence-corrected chi connectivity index (χ4v) is 4.49. The molecule has 2 fully saturated rings. The van der Waals surface area contributed by atoms with Crippen LogP contribution in [0.1, 0.15) is 28.8 Å². The van der Waals surface area contributed by atoms with Gasteiger partial charge < -0.3 is 15.1 Å². The molecular weight excluding hydrogens is 416 g/mol. The predicted molar refractivity (Wildman–Crippen MR) is 127 cm³/mol. The summed E-state index contributed by atoms with van der Waals surface area (Å²) in [6.07, 6.45) is 2.61. The summed E-state index contributed by atoms with van der Waals surface area (Å²) >= 11 is 0. The Morgan fingerprint density at radius 3 is 2.00 bits per heavy atom. The molecule has 0 radical (unpaired) electrons. The summed E-state index contributed by atoms with van der Waals surface area (Å²) in [4.78, 5) is 44.6. The largest absolute Gasteiger partial charge is 0.342 e. The fraction of sp³-hybridized carbons (Fsp3) is 0.423. The van der Waals surface area contributed by atoms with Crippen LogP contribution >= 0.6 is 0 Å². The summed E-state index contributed by atoms with van der Waals surface area (Å²) in [5.41, 5.74) is 1.53. The Morgan fingerprint density at radius 2 is 1.36 bits per heavy atom. The van der Waals surface area contributed by atoms with Crippen molar-refractivity contribution in [3.63, 3.8) is 0 Å². The van der Waals surface area contributed by atoms with Crippen LogP contribution < -0.4 is 5.32 Å². The lowest BCUT2D eigenvalue weighted by molar-refractivity contribution is -0.136. The number of nitrogens with one attached hydrogen (secondary N) is 1. The van der Waals surface area contributed by atoms with Crippen molar-refractivity contribution in [2.24, 2.45) is 0 Å². The Morgan fingerprint density at radius 1 is 0.758 bits per heavy atom. The molecule has 2 aliphatic heterocycles. The first-order valence-electron chi connectivity index (χ1n) is 11.8. The van der Waals surface area contributed by atoms with Gasteiger partial charge in [0.25, 0.3) is 5.91 Å². The second-order valence-electron chi connectivity index (χ2n) is 8.77. The minimum Gasteiger partial charge on any atom is -0.342 e. The van der Waals surface area contributed by atoms with Crippen LogP contribution in [0.4, 0.5) is 0 Å². The molecule has 0 bridgehead atoms. The first-order valence-corrected chi connectivity index (χ1v) is 11.8. The van der Waals surface area contributed by atoms with Crippen molar-refractivity contribution >= 4 is 17.7 Å². The zero-order valence-electron chi connectivity index (χ0n) is 19.0. The van der Waals surface area contributed by atoms with Crippen molar-refractivity contribution in [2.45, 2.75) is 25.3 Å². The van der Waals surface area contributed by atoms with Crippen LogP contribution in [0.15, 0.2) is 60.7 Å². The molecule has 0 aliphatic carbocycles. The second kappa shape index (κ2) is 11.1. The van der Waals surface area contributed by atoms with E-state index in [1.54, 1.807) is 12.1 Å². The molecule has 0 spiro atoms. The number of rotatable bonds is 7. The lowest BCUT2D eigenvalue weighted by atomic mass is 10.0. The third-order valence-electron chi connectivity index (χ3n) is 6.42. The highest BCUT2D eigenvalue weighted by molar-refractivity contribution is 5.97. The number of hydrogen-bond acceptors (Lipinski definition) is 4. The van der Waals surface area contributed by atoms with Gasteiger partial charge in [-0.3, -0.25) is 19.3 Å². The Balaban J connectivity index is 1.37. The highest BCUT2D eigenvalue weighted by Gasteiger charge is 2.30. The number of nitrogens with zero attached hydrogens (tertiary/aromatic N) is 3. The van der Waals surface area contributed by atoms with Crippen molar-refractivity contribution < 1.29 is 14.4 Å². The van der Waals surface area contributed by atoms with Gasteiger partial charge in [0.15, 0.2) is 0 Å². The van der Waals surface area contributed by atoms with E-state index in [4.69, 9.17) is 0 Å². The molecule has 7 heteroatoms. The van der Waals surface area contributed by atoms with Gasteiger partial charge in [-0.05, 0) is 30.5 Å². The van der Waals surface area contributed by atoms with E-state index in [9.17, 15) is 14.4 Å². The quantitative estimate of drug-likeness (QED) is 0.701. The molecule has 2 aliphatic rings. The Labute approximate surface area is 195 Å². The van der Waals surface area contributed by atoms with Gasteiger partial charge in [0.05, 0.1) is 6.54 Å². The molecule has 3 amide bonds. The summed E-state index contributed by atoms with van der Waals surface area (Å²) < 4.78 is 0. The average Bonchev–Trinajstić information content (AvgIpc) is 3.40. The third kappa shape index (κ3) is 6.20. The Hall–Kier alpha value is -3.19. The van der Waals surface area contributed by atoms with Gasteiger partial charge in [0, 0.05) is 51.3 Å². The topological polar surface area (TPSA) is 73.0 Å². The summed E-state index contributed by atoms with van der Waals surface area (Å²) in [6.45, 7) is 4.57. The summed E-state index contributed by atoms with van der Waals surface area (Å²) in [5, 5.41) is 2.95. The molecule has 1 N–H and O–H groups in total. The van der Waals surface area contributed by atoms with E-state index in [2.05, 4.69) is 10.2 Å². The van der Waals surface area contributed by atoms with E-state index < -0.39 is 6.04 Å². The van der Waals surface area contributed by atoms with E-state index in [0.717, 1.165) is 31.5 Å². The zero-order chi connectivity index (χ0) is 23.0. The molecule has 0 saturated carbocycles. The number of hydrogen-bond donors (Lipinski definition) is 1. The van der Waals surface area contributed by atoms with Gasteiger partial charge in [0.1, 0.15) is 6.04 Å². The lowest BCUT2D eigenvalue weighted by Crippen LogP contribution is -2.56. The van der Waals surface area contributed by atoms with E-state index >= 15 is 0 Å². The predicted octanol–water partition coefficient (Wildman–Crippen LogP) is 1.79. The van der Waals surface area contributed by atoms with E-state index in [-0.39, 0.29) is 17.7 Å². The van der Waals surface area contributed by atoms with Gasteiger partial charge >= 0.3 is 0 Å². The SMILES string of the molecule is O=C(N[C@@H](Cc1ccccc1)C(=O)N1CCN(CC(=O)N2CCCC2)CC1)c1ccccc1. The van der Waals surface area contributed by atoms with Gasteiger partial charge in [-0.25, -0.2) is 0 Å². The van der Waals surface area contributed by atoms with Crippen LogP contribution in [0.5, 0.6) is 0 Å². The smallest absolute Gasteiger partial charge is 0.251 e. The van der Waals surface area contributed by atoms with Crippen LogP contribution in [0.25, 0.3) is 0 Å². The molecule has 2 saturated heterocycles. The van der Waals surface area contributed by atoms with Crippen molar-refractivity contribution in [1.82, 2.24) is 20.0 Å². The minimum absolute atomic E-state index is 0.0753. The van der Waals surface area contributed by atoms with Crippen LogP contribution in [0.3, 0.4) is 0 Å². The molecule has 7 nitrogen and oxygen atoms in total. The molecule has 1 atom stereocenters. The molecule has 2 aromatic rings. The van der Waals surface area contributed by atoms with Crippen LogP contribution in [-0.2, 0) is 16.0 Å². The van der Waals surface area contributed by atoms with E-state index in [1.165, 1.54) is 0 Å². The highest BCUT2D eigenvalue weighted by Crippen LogP contribution is 2.12. The lowest BCUT2D eigenvalue weighted by Gasteiger charge is -2.36. The van der Waals surface area contributed by atoms with Gasteiger partial charge in [0.2, 0.25) is 11.8 Å².